The van der Waals surface area contributed by atoms with E-state index in [1.807, 2.05) is 25.1 Å². The van der Waals surface area contributed by atoms with E-state index < -0.39 is 21.5 Å². The lowest BCUT2D eigenvalue weighted by molar-refractivity contribution is 0.0267. The molecule has 0 aromatic heterocycles. The molecule has 4 rings (SSSR count). The van der Waals surface area contributed by atoms with Crippen LogP contribution in [-0.4, -0.2) is 36.1 Å². The minimum atomic E-state index is -3.34. The lowest BCUT2D eigenvalue weighted by Gasteiger charge is -2.34. The average Bonchev–Trinajstić information content (AvgIpc) is 3.23. The number of sulfone groups is 1. The Kier molecular flexibility index (Phi) is 6.25. The summed E-state index contributed by atoms with van der Waals surface area (Å²) in [4.78, 5) is 0.364. The van der Waals surface area contributed by atoms with Gasteiger partial charge in [-0.15, -0.1) is 0 Å². The average molecular weight is 431 g/mol. The molecule has 0 bridgehead atoms. The first-order valence-electron chi connectivity index (χ1n) is 11.3. The second kappa shape index (κ2) is 8.60. The molecule has 2 N–H and O–H groups in total. The van der Waals surface area contributed by atoms with E-state index in [2.05, 4.69) is 6.08 Å². The second-order valence-electron chi connectivity index (χ2n) is 9.73. The van der Waals surface area contributed by atoms with E-state index in [-0.39, 0.29) is 29.4 Å². The van der Waals surface area contributed by atoms with Gasteiger partial charge in [0.25, 0.3) is 0 Å². The highest BCUT2D eigenvalue weighted by atomic mass is 32.2. The normalized spacial score (nSPS) is 32.2. The maximum absolute atomic E-state index is 12.7. The highest BCUT2D eigenvalue weighted by molar-refractivity contribution is 7.91. The lowest BCUT2D eigenvalue weighted by atomic mass is 9.77. The van der Waals surface area contributed by atoms with Gasteiger partial charge in [0, 0.05) is 5.92 Å². The maximum atomic E-state index is 12.7. The summed E-state index contributed by atoms with van der Waals surface area (Å²) in [7, 11) is -3.34. The summed E-state index contributed by atoms with van der Waals surface area (Å²) in [6.07, 6.45) is 12.7. The zero-order valence-corrected chi connectivity index (χ0v) is 18.6. The summed E-state index contributed by atoms with van der Waals surface area (Å²) in [6, 6.07) is 8.61. The second-order valence-corrected chi connectivity index (χ2v) is 11.7. The van der Waals surface area contributed by atoms with Gasteiger partial charge in [-0.2, -0.15) is 0 Å². The van der Waals surface area contributed by atoms with E-state index >= 15 is 0 Å². The first-order valence-corrected chi connectivity index (χ1v) is 13.0. The van der Waals surface area contributed by atoms with Crippen molar-refractivity contribution in [3.05, 3.63) is 54.1 Å². The van der Waals surface area contributed by atoms with Crippen LogP contribution in [0.5, 0.6) is 0 Å². The van der Waals surface area contributed by atoms with E-state index in [0.29, 0.717) is 17.7 Å². The molecule has 0 radical (unpaired) electrons. The summed E-state index contributed by atoms with van der Waals surface area (Å²) in [5.41, 5.74) is 0.113. The third-order valence-electron chi connectivity index (χ3n) is 7.52. The van der Waals surface area contributed by atoms with Crippen LogP contribution >= 0.6 is 0 Å². The molecule has 0 heterocycles. The van der Waals surface area contributed by atoms with Crippen molar-refractivity contribution in [3.8, 4) is 0 Å². The van der Waals surface area contributed by atoms with Crippen molar-refractivity contribution in [2.24, 2.45) is 23.7 Å². The molecule has 164 valence electrons. The largest absolute Gasteiger partial charge is 0.392 e. The van der Waals surface area contributed by atoms with Gasteiger partial charge in [-0.25, -0.2) is 8.42 Å². The van der Waals surface area contributed by atoms with Crippen molar-refractivity contribution >= 4 is 9.84 Å². The Bertz CT molecular complexity index is 894. The fourth-order valence-corrected chi connectivity index (χ4v) is 7.24. The van der Waals surface area contributed by atoms with Crippen molar-refractivity contribution in [1.29, 1.82) is 0 Å². The van der Waals surface area contributed by atoms with Crippen molar-refractivity contribution in [2.75, 3.05) is 5.75 Å². The summed E-state index contributed by atoms with van der Waals surface area (Å²) in [6.45, 7) is 1.89. The minimum absolute atomic E-state index is 0.0294. The number of rotatable bonds is 6. The van der Waals surface area contributed by atoms with Crippen LogP contribution in [-0.2, 0) is 9.84 Å². The number of benzene rings is 1. The molecule has 2 fully saturated rings. The van der Waals surface area contributed by atoms with Gasteiger partial charge in [-0.05, 0) is 62.5 Å². The van der Waals surface area contributed by atoms with Gasteiger partial charge in [0.05, 0.1) is 22.4 Å². The Morgan fingerprint density at radius 2 is 1.83 bits per heavy atom. The van der Waals surface area contributed by atoms with E-state index in [1.54, 1.807) is 24.3 Å². The van der Waals surface area contributed by atoms with Gasteiger partial charge in [0.1, 0.15) is 0 Å². The molecule has 0 amide bonds. The van der Waals surface area contributed by atoms with Crippen LogP contribution in [0.4, 0.5) is 0 Å². The Morgan fingerprint density at radius 3 is 2.53 bits per heavy atom. The summed E-state index contributed by atoms with van der Waals surface area (Å²) >= 11 is 0. The topological polar surface area (TPSA) is 74.6 Å². The Hall–Kier alpha value is -1.43. The number of hydrogen-bond donors (Lipinski definition) is 2. The van der Waals surface area contributed by atoms with Crippen LogP contribution in [0, 0.1) is 23.7 Å². The predicted octanol–water partition coefficient (Wildman–Crippen LogP) is 4.29. The molecule has 2 saturated carbocycles. The molecule has 0 spiro atoms. The third-order valence-corrected chi connectivity index (χ3v) is 9.26. The summed E-state index contributed by atoms with van der Waals surface area (Å²) in [5.74, 6) is 0.745. The van der Waals surface area contributed by atoms with Gasteiger partial charge in [-0.1, -0.05) is 61.3 Å². The molecule has 4 nitrogen and oxygen atoms in total. The van der Waals surface area contributed by atoms with Gasteiger partial charge in [0.15, 0.2) is 9.84 Å². The molecule has 1 aromatic rings. The Balaban J connectivity index is 1.43. The standard InChI is InChI=1S/C25H34O4S/c1-25(27,20-8-4-2-5-9-20)13-12-22-23-15-18(14-19(23)16-24(22)26)17-30(28,29)21-10-6-3-7-11-21/h3,6-7,10-14,19-20,22-24,26-27H,2,4-5,8-9,15-17H2,1H3/b13-12+/t19-,22-,23-,24+,25+/m0/s1. The van der Waals surface area contributed by atoms with Crippen LogP contribution < -0.4 is 0 Å². The molecule has 1 aromatic carbocycles. The first kappa shape index (κ1) is 21.8. The van der Waals surface area contributed by atoms with Crippen LogP contribution in [0.15, 0.2) is 59.0 Å². The van der Waals surface area contributed by atoms with E-state index in [0.717, 1.165) is 18.4 Å². The highest BCUT2D eigenvalue weighted by Gasteiger charge is 2.44. The van der Waals surface area contributed by atoms with Crippen molar-refractivity contribution in [2.45, 2.75) is 68.5 Å². The van der Waals surface area contributed by atoms with Crippen molar-refractivity contribution in [1.82, 2.24) is 0 Å². The fraction of sp³-hybridized carbons (Fsp3) is 0.600. The minimum Gasteiger partial charge on any atom is -0.392 e. The van der Waals surface area contributed by atoms with E-state index in [9.17, 15) is 18.6 Å². The van der Waals surface area contributed by atoms with Crippen molar-refractivity contribution in [3.63, 3.8) is 0 Å². The van der Waals surface area contributed by atoms with E-state index in [4.69, 9.17) is 0 Å². The monoisotopic (exact) mass is 430 g/mol. The Morgan fingerprint density at radius 1 is 1.13 bits per heavy atom. The highest BCUT2D eigenvalue weighted by Crippen LogP contribution is 2.48. The van der Waals surface area contributed by atoms with E-state index in [1.165, 1.54) is 19.3 Å². The third kappa shape index (κ3) is 4.58. The molecule has 30 heavy (non-hydrogen) atoms. The molecule has 0 aliphatic heterocycles. The summed E-state index contributed by atoms with van der Waals surface area (Å²) < 4.78 is 25.5. The molecule has 0 saturated heterocycles. The number of allylic oxidation sites excluding steroid dienone is 1. The van der Waals surface area contributed by atoms with Crippen LogP contribution in [0.1, 0.15) is 51.9 Å². The number of aliphatic hydroxyl groups excluding tert-OH is 1. The Labute approximate surface area is 180 Å². The first-order chi connectivity index (χ1) is 14.3. The smallest absolute Gasteiger partial charge is 0.182 e. The molecule has 0 unspecified atom stereocenters. The lowest BCUT2D eigenvalue weighted by Crippen LogP contribution is -2.34. The zero-order valence-electron chi connectivity index (χ0n) is 17.8. The number of fused-ring (bicyclic) bond motifs is 1. The van der Waals surface area contributed by atoms with Gasteiger partial charge in [-0.3, -0.25) is 0 Å². The zero-order chi connectivity index (χ0) is 21.4. The van der Waals surface area contributed by atoms with Crippen LogP contribution in [0.2, 0.25) is 0 Å². The molecule has 3 aliphatic carbocycles. The molecular weight excluding hydrogens is 396 g/mol. The SMILES string of the molecule is C[C@@](O)(/C=C/[C@H]1[C@H]2CC(CS(=O)(=O)c3ccccc3)=C[C@H]2C[C@H]1O)C1CCCCC1. The predicted molar refractivity (Wildman–Crippen MR) is 119 cm³/mol. The summed E-state index contributed by atoms with van der Waals surface area (Å²) in [5, 5.41) is 21.6. The fourth-order valence-electron chi connectivity index (χ4n) is 5.80. The quantitative estimate of drug-likeness (QED) is 0.660. The molecule has 5 atom stereocenters. The maximum Gasteiger partial charge on any atom is 0.182 e. The van der Waals surface area contributed by atoms with Gasteiger partial charge < -0.3 is 10.2 Å². The van der Waals surface area contributed by atoms with Gasteiger partial charge in [0.2, 0.25) is 0 Å². The molecule has 5 heteroatoms. The van der Waals surface area contributed by atoms with Crippen molar-refractivity contribution < 1.29 is 18.6 Å². The molecular formula is C25H34O4S. The number of aliphatic hydroxyl groups is 2. The molecule has 3 aliphatic rings. The van der Waals surface area contributed by atoms with Crippen LogP contribution in [0.3, 0.4) is 0 Å². The van der Waals surface area contributed by atoms with Gasteiger partial charge >= 0.3 is 0 Å². The number of hydrogen-bond acceptors (Lipinski definition) is 4. The van der Waals surface area contributed by atoms with Crippen LogP contribution in [0.25, 0.3) is 0 Å².